The number of nitrogens with two attached hydrogens (primary N) is 1. The van der Waals surface area contributed by atoms with Crippen LogP contribution in [-0.2, 0) is 22.2 Å². The molecule has 1 heterocycles. The first-order valence-corrected chi connectivity index (χ1v) is 11.7. The van der Waals surface area contributed by atoms with Crippen LogP contribution in [0.2, 0.25) is 5.02 Å². The van der Waals surface area contributed by atoms with Crippen LogP contribution in [0, 0.1) is 17.6 Å². The minimum Gasteiger partial charge on any atom is -0.394 e. The van der Waals surface area contributed by atoms with Crippen LogP contribution in [0.25, 0.3) is 0 Å². The zero-order valence-electron chi connectivity index (χ0n) is 17.4. The number of nitrogens with zero attached hydrogens (tertiary/aromatic N) is 3. The van der Waals surface area contributed by atoms with Crippen LogP contribution in [0.15, 0.2) is 12.1 Å². The summed E-state index contributed by atoms with van der Waals surface area (Å²) in [6.07, 6.45) is 0.689. The number of benzene rings is 1. The van der Waals surface area contributed by atoms with Gasteiger partial charge in [0.1, 0.15) is 23.2 Å². The summed E-state index contributed by atoms with van der Waals surface area (Å²) >= 11 is 5.61. The predicted octanol–water partition coefficient (Wildman–Crippen LogP) is 2.76. The van der Waals surface area contributed by atoms with Gasteiger partial charge in [-0.2, -0.15) is 9.97 Å². The fraction of sp³-hybridized carbons (Fsp3) is 0.526. The molecule has 0 radical (unpaired) electrons. The van der Waals surface area contributed by atoms with Crippen molar-refractivity contribution in [2.75, 3.05) is 11.9 Å². The standard InChI is InChI=1S/C19H26ClF2N5O3S/c1-10(2)4-12(8-28)24-19-26-17(25-18(27-19)9-31(23,29)30)5-11(3)13-6-16(22)14(20)7-15(13)21/h6-7,10-12,28H,4-5,8-9H2,1-3H3,(H2,23,29,30)(H,24,25,26,27)/t11-,12-/m1/s1. The van der Waals surface area contributed by atoms with Gasteiger partial charge in [0.2, 0.25) is 16.0 Å². The second kappa shape index (κ2) is 10.6. The number of primary sulfonamides is 1. The van der Waals surface area contributed by atoms with Crippen LogP contribution < -0.4 is 10.5 Å². The third kappa shape index (κ3) is 7.91. The fourth-order valence-electron chi connectivity index (χ4n) is 3.10. The van der Waals surface area contributed by atoms with E-state index in [1.165, 1.54) is 0 Å². The molecule has 0 saturated heterocycles. The highest BCUT2D eigenvalue weighted by molar-refractivity contribution is 7.88. The maximum absolute atomic E-state index is 14.3. The molecule has 0 saturated carbocycles. The largest absolute Gasteiger partial charge is 0.394 e. The number of sulfonamides is 1. The molecular weight excluding hydrogens is 452 g/mol. The van der Waals surface area contributed by atoms with Crippen molar-refractivity contribution in [1.82, 2.24) is 15.0 Å². The third-order valence-electron chi connectivity index (χ3n) is 4.43. The molecule has 2 atom stereocenters. The number of hydrogen-bond acceptors (Lipinski definition) is 7. The molecule has 0 aliphatic carbocycles. The second-order valence-electron chi connectivity index (χ2n) is 7.85. The normalized spacial score (nSPS) is 14.0. The number of aromatic nitrogens is 3. The van der Waals surface area contributed by atoms with E-state index in [1.54, 1.807) is 6.92 Å². The lowest BCUT2D eigenvalue weighted by Crippen LogP contribution is -2.28. The summed E-state index contributed by atoms with van der Waals surface area (Å²) in [6, 6.07) is 1.55. The average molecular weight is 478 g/mol. The van der Waals surface area contributed by atoms with E-state index in [0.29, 0.717) is 6.42 Å². The molecule has 0 amide bonds. The first-order chi connectivity index (χ1) is 14.4. The Hall–Kier alpha value is -1.95. The Morgan fingerprint density at radius 1 is 1.13 bits per heavy atom. The Balaban J connectivity index is 2.36. The van der Waals surface area contributed by atoms with Gasteiger partial charge in [0.15, 0.2) is 5.82 Å². The summed E-state index contributed by atoms with van der Waals surface area (Å²) in [5.41, 5.74) is 0.0814. The van der Waals surface area contributed by atoms with Gasteiger partial charge in [-0.3, -0.25) is 0 Å². The van der Waals surface area contributed by atoms with Gasteiger partial charge in [0.05, 0.1) is 17.7 Å². The fourth-order valence-corrected chi connectivity index (χ4v) is 3.74. The molecule has 1 aromatic heterocycles. The Morgan fingerprint density at radius 2 is 1.77 bits per heavy atom. The smallest absolute Gasteiger partial charge is 0.226 e. The van der Waals surface area contributed by atoms with Gasteiger partial charge >= 0.3 is 0 Å². The van der Waals surface area contributed by atoms with E-state index in [0.717, 1.165) is 12.1 Å². The SMILES string of the molecule is CC(C)C[C@H](CO)Nc1nc(C[C@@H](C)c2cc(F)c(Cl)cc2F)nc(CS(N)(=O)=O)n1. The van der Waals surface area contributed by atoms with E-state index in [1.807, 2.05) is 13.8 Å². The van der Waals surface area contributed by atoms with Gasteiger partial charge in [0.25, 0.3) is 0 Å². The zero-order chi connectivity index (χ0) is 23.3. The van der Waals surface area contributed by atoms with E-state index in [4.69, 9.17) is 16.7 Å². The first-order valence-electron chi connectivity index (χ1n) is 9.64. The molecule has 0 aliphatic rings. The Kier molecular flexibility index (Phi) is 8.64. The van der Waals surface area contributed by atoms with Crippen LogP contribution in [0.5, 0.6) is 0 Å². The number of anilines is 1. The molecule has 172 valence electrons. The number of aliphatic hydroxyl groups is 1. The molecule has 31 heavy (non-hydrogen) atoms. The Labute approximate surface area is 185 Å². The maximum Gasteiger partial charge on any atom is 0.226 e. The van der Waals surface area contributed by atoms with Crippen molar-refractivity contribution in [2.24, 2.45) is 11.1 Å². The van der Waals surface area contributed by atoms with Crippen LogP contribution in [0.1, 0.15) is 50.3 Å². The van der Waals surface area contributed by atoms with E-state index < -0.39 is 33.3 Å². The van der Waals surface area contributed by atoms with Gasteiger partial charge in [-0.05, 0) is 36.0 Å². The number of hydrogen-bond donors (Lipinski definition) is 3. The summed E-state index contributed by atoms with van der Waals surface area (Å²) < 4.78 is 51.1. The van der Waals surface area contributed by atoms with E-state index in [2.05, 4.69) is 20.3 Å². The highest BCUT2D eigenvalue weighted by Crippen LogP contribution is 2.27. The summed E-state index contributed by atoms with van der Waals surface area (Å²) in [7, 11) is -3.92. The third-order valence-corrected chi connectivity index (χ3v) is 5.38. The number of nitrogens with one attached hydrogen (secondary N) is 1. The minimum atomic E-state index is -3.92. The molecule has 8 nitrogen and oxygen atoms in total. The Bertz CT molecular complexity index is 1020. The minimum absolute atomic E-state index is 0.0679. The van der Waals surface area contributed by atoms with Crippen molar-refractivity contribution in [1.29, 1.82) is 0 Å². The van der Waals surface area contributed by atoms with Crippen LogP contribution in [0.3, 0.4) is 0 Å². The lowest BCUT2D eigenvalue weighted by Gasteiger charge is -2.19. The molecule has 0 spiro atoms. The van der Waals surface area contributed by atoms with Crippen molar-refractivity contribution in [3.8, 4) is 0 Å². The molecule has 12 heteroatoms. The molecule has 0 aliphatic heterocycles. The van der Waals surface area contributed by atoms with Gasteiger partial charge in [-0.1, -0.05) is 32.4 Å². The Morgan fingerprint density at radius 3 is 2.35 bits per heavy atom. The van der Waals surface area contributed by atoms with E-state index >= 15 is 0 Å². The average Bonchev–Trinajstić information content (AvgIpc) is 2.62. The lowest BCUT2D eigenvalue weighted by molar-refractivity contribution is 0.259. The number of aliphatic hydroxyl groups excluding tert-OH is 1. The van der Waals surface area contributed by atoms with Gasteiger partial charge in [0, 0.05) is 6.42 Å². The summed E-state index contributed by atoms with van der Waals surface area (Å²) in [5.74, 6) is -2.18. The number of halogens is 3. The van der Waals surface area contributed by atoms with Crippen LogP contribution >= 0.6 is 11.6 Å². The van der Waals surface area contributed by atoms with Crippen molar-refractivity contribution in [3.05, 3.63) is 46.0 Å². The lowest BCUT2D eigenvalue weighted by atomic mass is 9.96. The molecule has 0 unspecified atom stereocenters. The first kappa shape index (κ1) is 25.3. The van der Waals surface area contributed by atoms with Gasteiger partial charge in [-0.15, -0.1) is 0 Å². The monoisotopic (exact) mass is 477 g/mol. The van der Waals surface area contributed by atoms with Gasteiger partial charge in [-0.25, -0.2) is 27.3 Å². The quantitative estimate of drug-likeness (QED) is 0.448. The molecular formula is C19H26ClF2N5O3S. The molecule has 1 aromatic carbocycles. The van der Waals surface area contributed by atoms with Gasteiger partial charge < -0.3 is 10.4 Å². The van der Waals surface area contributed by atoms with E-state index in [9.17, 15) is 22.3 Å². The summed E-state index contributed by atoms with van der Waals surface area (Å²) in [6.45, 7) is 5.43. The van der Waals surface area contributed by atoms with Crippen LogP contribution in [0.4, 0.5) is 14.7 Å². The van der Waals surface area contributed by atoms with Crippen molar-refractivity contribution < 1.29 is 22.3 Å². The molecule has 2 aromatic rings. The molecule has 0 fully saturated rings. The predicted molar refractivity (Wildman–Crippen MR) is 114 cm³/mol. The van der Waals surface area contributed by atoms with Crippen LogP contribution in [-0.4, -0.2) is 41.1 Å². The number of rotatable bonds is 10. The van der Waals surface area contributed by atoms with Crippen molar-refractivity contribution in [2.45, 2.75) is 51.3 Å². The zero-order valence-corrected chi connectivity index (χ0v) is 19.0. The highest BCUT2D eigenvalue weighted by atomic mass is 35.5. The molecule has 2 rings (SSSR count). The summed E-state index contributed by atoms with van der Waals surface area (Å²) in [4.78, 5) is 12.5. The molecule has 0 bridgehead atoms. The summed E-state index contributed by atoms with van der Waals surface area (Å²) in [5, 5.41) is 17.4. The topological polar surface area (TPSA) is 131 Å². The second-order valence-corrected chi connectivity index (χ2v) is 9.87. The van der Waals surface area contributed by atoms with E-state index in [-0.39, 0.29) is 53.2 Å². The molecule has 4 N–H and O–H groups in total. The van der Waals surface area contributed by atoms with Crippen molar-refractivity contribution >= 4 is 27.6 Å². The highest BCUT2D eigenvalue weighted by Gasteiger charge is 2.20. The maximum atomic E-state index is 14.3. The van der Waals surface area contributed by atoms with Crippen molar-refractivity contribution in [3.63, 3.8) is 0 Å².